The smallest absolute Gasteiger partial charge is 0.0728 e. The van der Waals surface area contributed by atoms with Crippen molar-refractivity contribution in [3.8, 4) is 0 Å². The molecule has 0 bridgehead atoms. The van der Waals surface area contributed by atoms with E-state index in [1.165, 1.54) is 10.5 Å². The molecule has 15 heavy (non-hydrogen) atoms. The van der Waals surface area contributed by atoms with Gasteiger partial charge >= 0.3 is 0 Å². The van der Waals surface area contributed by atoms with Crippen LogP contribution in [0.5, 0.6) is 0 Å². The molecule has 3 heteroatoms. The lowest BCUT2D eigenvalue weighted by Gasteiger charge is -2.32. The number of nitrogens with zero attached hydrogens (tertiary/aromatic N) is 1. The Bertz CT molecular complexity index is 310. The Hall–Kier alpha value is -0.510. The Labute approximate surface area is 96.0 Å². The normalized spacial score (nSPS) is 22.9. The van der Waals surface area contributed by atoms with Crippen molar-refractivity contribution in [1.82, 2.24) is 10.2 Å². The Morgan fingerprint density at radius 3 is 2.73 bits per heavy atom. The van der Waals surface area contributed by atoms with Crippen LogP contribution in [-0.2, 0) is 0 Å². The summed E-state index contributed by atoms with van der Waals surface area (Å²) in [5, 5.41) is 4.01. The summed E-state index contributed by atoms with van der Waals surface area (Å²) in [4.78, 5) is 3.78. The van der Waals surface area contributed by atoms with Crippen molar-refractivity contribution in [1.29, 1.82) is 0 Å². The first kappa shape index (κ1) is 11.0. The Kier molecular flexibility index (Phi) is 3.67. The molecule has 1 N–H and O–H groups in total. The fraction of sp³-hybridized carbons (Fsp3) is 0.500. The quantitative estimate of drug-likeness (QED) is 0.823. The summed E-state index contributed by atoms with van der Waals surface area (Å²) in [5.74, 6) is 0. The van der Waals surface area contributed by atoms with E-state index in [9.17, 15) is 0 Å². The predicted octanol–water partition coefficient (Wildman–Crippen LogP) is 1.95. The molecule has 0 saturated carbocycles. The topological polar surface area (TPSA) is 15.3 Å². The first-order valence-corrected chi connectivity index (χ1v) is 6.28. The van der Waals surface area contributed by atoms with Gasteiger partial charge in [-0.3, -0.25) is 4.90 Å². The molecule has 1 heterocycles. The lowest BCUT2D eigenvalue weighted by Crippen LogP contribution is -2.47. The number of aryl methyl sites for hydroxylation is 1. The molecule has 2 rings (SSSR count). The van der Waals surface area contributed by atoms with Gasteiger partial charge in [-0.25, -0.2) is 0 Å². The van der Waals surface area contributed by atoms with Crippen LogP contribution in [0.2, 0.25) is 0 Å². The van der Waals surface area contributed by atoms with E-state index in [4.69, 9.17) is 0 Å². The van der Waals surface area contributed by atoms with Gasteiger partial charge in [0.05, 0.1) is 5.37 Å². The van der Waals surface area contributed by atoms with Gasteiger partial charge in [-0.1, -0.05) is 17.7 Å². The highest BCUT2D eigenvalue weighted by molar-refractivity contribution is 7.99. The molecule has 0 spiro atoms. The lowest BCUT2D eigenvalue weighted by molar-refractivity contribution is 0.266. The second kappa shape index (κ2) is 5.01. The maximum atomic E-state index is 3.43. The summed E-state index contributed by atoms with van der Waals surface area (Å²) >= 11 is 1.94. The average molecular weight is 222 g/mol. The second-order valence-electron chi connectivity index (χ2n) is 4.07. The van der Waals surface area contributed by atoms with E-state index in [2.05, 4.69) is 48.5 Å². The number of rotatable bonds is 2. The summed E-state index contributed by atoms with van der Waals surface area (Å²) in [6.07, 6.45) is 0. The summed E-state index contributed by atoms with van der Waals surface area (Å²) in [6, 6.07) is 8.78. The van der Waals surface area contributed by atoms with Crippen LogP contribution in [-0.4, -0.2) is 37.0 Å². The molecule has 0 aliphatic carbocycles. The maximum absolute atomic E-state index is 3.43. The number of nitrogens with one attached hydrogen (secondary N) is 1. The van der Waals surface area contributed by atoms with Gasteiger partial charge < -0.3 is 5.32 Å². The van der Waals surface area contributed by atoms with Crippen LogP contribution in [0.3, 0.4) is 0 Å². The lowest BCUT2D eigenvalue weighted by atomic mass is 10.2. The van der Waals surface area contributed by atoms with Gasteiger partial charge in [0.25, 0.3) is 0 Å². The number of hydrogen-bond donors (Lipinski definition) is 1. The van der Waals surface area contributed by atoms with E-state index >= 15 is 0 Å². The molecule has 0 aromatic heterocycles. The van der Waals surface area contributed by atoms with Crippen LogP contribution >= 0.6 is 11.8 Å². The van der Waals surface area contributed by atoms with E-state index < -0.39 is 0 Å². The molecule has 1 atom stereocenters. The Morgan fingerprint density at radius 1 is 1.33 bits per heavy atom. The van der Waals surface area contributed by atoms with Crippen molar-refractivity contribution in [3.63, 3.8) is 0 Å². The van der Waals surface area contributed by atoms with Gasteiger partial charge in [-0.15, -0.1) is 11.8 Å². The standard InChI is InChI=1S/C12H18N2S/c1-10-3-5-11(6-4-10)15-12-9-13-7-8-14(12)2/h3-6,12-13H,7-9H2,1-2H3. The Morgan fingerprint density at radius 2 is 2.07 bits per heavy atom. The number of thioether (sulfide) groups is 1. The minimum Gasteiger partial charge on any atom is -0.313 e. The van der Waals surface area contributed by atoms with Crippen molar-refractivity contribution in [2.24, 2.45) is 0 Å². The zero-order valence-electron chi connectivity index (χ0n) is 9.36. The monoisotopic (exact) mass is 222 g/mol. The largest absolute Gasteiger partial charge is 0.313 e. The van der Waals surface area contributed by atoms with E-state index in [1.54, 1.807) is 0 Å². The zero-order valence-corrected chi connectivity index (χ0v) is 10.2. The molecule has 82 valence electrons. The second-order valence-corrected chi connectivity index (χ2v) is 5.32. The van der Waals surface area contributed by atoms with Crippen LogP contribution < -0.4 is 5.32 Å². The average Bonchev–Trinajstić information content (AvgIpc) is 2.25. The third kappa shape index (κ3) is 2.97. The molecule has 0 amide bonds. The molecule has 0 radical (unpaired) electrons. The minimum atomic E-state index is 0.571. The molecule has 1 aliphatic rings. The van der Waals surface area contributed by atoms with E-state index in [0.29, 0.717) is 5.37 Å². The van der Waals surface area contributed by atoms with Gasteiger partial charge in [0.15, 0.2) is 0 Å². The molecule has 1 aromatic carbocycles. The molecular weight excluding hydrogens is 204 g/mol. The van der Waals surface area contributed by atoms with E-state index in [1.807, 2.05) is 11.8 Å². The van der Waals surface area contributed by atoms with Gasteiger partial charge in [0, 0.05) is 24.5 Å². The third-order valence-corrected chi connectivity index (χ3v) is 4.09. The van der Waals surface area contributed by atoms with E-state index in [-0.39, 0.29) is 0 Å². The van der Waals surface area contributed by atoms with Crippen molar-refractivity contribution < 1.29 is 0 Å². The van der Waals surface area contributed by atoms with Gasteiger partial charge in [-0.05, 0) is 26.1 Å². The molecular formula is C12H18N2S. The van der Waals surface area contributed by atoms with Crippen LogP contribution in [0, 0.1) is 6.92 Å². The minimum absolute atomic E-state index is 0.571. The van der Waals surface area contributed by atoms with Crippen LogP contribution in [0.4, 0.5) is 0 Å². The van der Waals surface area contributed by atoms with Crippen molar-refractivity contribution in [2.75, 3.05) is 26.7 Å². The van der Waals surface area contributed by atoms with Crippen molar-refractivity contribution in [3.05, 3.63) is 29.8 Å². The molecule has 2 nitrogen and oxygen atoms in total. The highest BCUT2D eigenvalue weighted by Crippen LogP contribution is 2.25. The summed E-state index contributed by atoms with van der Waals surface area (Å²) in [7, 11) is 2.20. The zero-order chi connectivity index (χ0) is 10.7. The first-order chi connectivity index (χ1) is 7.25. The molecule has 1 unspecified atom stereocenters. The van der Waals surface area contributed by atoms with E-state index in [0.717, 1.165) is 19.6 Å². The van der Waals surface area contributed by atoms with Crippen LogP contribution in [0.15, 0.2) is 29.2 Å². The number of piperazine rings is 1. The van der Waals surface area contributed by atoms with Gasteiger partial charge in [0.2, 0.25) is 0 Å². The molecule has 1 aliphatic heterocycles. The third-order valence-electron chi connectivity index (χ3n) is 2.74. The van der Waals surface area contributed by atoms with Crippen LogP contribution in [0.1, 0.15) is 5.56 Å². The molecule has 1 saturated heterocycles. The first-order valence-electron chi connectivity index (χ1n) is 5.40. The fourth-order valence-corrected chi connectivity index (χ4v) is 2.78. The van der Waals surface area contributed by atoms with Gasteiger partial charge in [-0.2, -0.15) is 0 Å². The summed E-state index contributed by atoms with van der Waals surface area (Å²) < 4.78 is 0. The van der Waals surface area contributed by atoms with Crippen molar-refractivity contribution >= 4 is 11.8 Å². The Balaban J connectivity index is 1.98. The predicted molar refractivity (Wildman–Crippen MR) is 66.3 cm³/mol. The summed E-state index contributed by atoms with van der Waals surface area (Å²) in [6.45, 7) is 5.46. The number of benzene rings is 1. The van der Waals surface area contributed by atoms with Gasteiger partial charge in [0.1, 0.15) is 0 Å². The van der Waals surface area contributed by atoms with Crippen molar-refractivity contribution in [2.45, 2.75) is 17.2 Å². The molecule has 1 fully saturated rings. The highest BCUT2D eigenvalue weighted by Gasteiger charge is 2.18. The maximum Gasteiger partial charge on any atom is 0.0728 e. The molecule has 1 aromatic rings. The highest BCUT2D eigenvalue weighted by atomic mass is 32.2. The van der Waals surface area contributed by atoms with Crippen LogP contribution in [0.25, 0.3) is 0 Å². The SMILES string of the molecule is Cc1ccc(SC2CNCCN2C)cc1. The number of hydrogen-bond acceptors (Lipinski definition) is 3. The number of likely N-dealkylation sites (N-methyl/N-ethyl adjacent to an activating group) is 1. The summed E-state index contributed by atoms with van der Waals surface area (Å²) in [5.41, 5.74) is 1.33. The fourth-order valence-electron chi connectivity index (χ4n) is 1.69.